The van der Waals surface area contributed by atoms with Crippen molar-refractivity contribution in [1.82, 2.24) is 9.78 Å². The van der Waals surface area contributed by atoms with E-state index in [2.05, 4.69) is 5.10 Å². The van der Waals surface area contributed by atoms with Gasteiger partial charge >= 0.3 is 11.7 Å². The van der Waals surface area contributed by atoms with Gasteiger partial charge in [-0.05, 0) is 25.5 Å². The fourth-order valence-electron chi connectivity index (χ4n) is 2.63. The molecule has 0 spiro atoms. The second-order valence-electron chi connectivity index (χ2n) is 6.15. The third-order valence-electron chi connectivity index (χ3n) is 4.04. The first-order valence-electron chi connectivity index (χ1n) is 8.21. The maximum Gasteiger partial charge on any atom is 0.348 e. The Hall–Kier alpha value is -3.26. The van der Waals surface area contributed by atoms with Crippen LogP contribution in [-0.2, 0) is 6.54 Å². The molecule has 3 aromatic rings. The molecule has 0 aliphatic rings. The van der Waals surface area contributed by atoms with Crippen molar-refractivity contribution in [2.24, 2.45) is 0 Å². The molecule has 0 aliphatic heterocycles. The summed E-state index contributed by atoms with van der Waals surface area (Å²) in [4.78, 5) is 22.8. The number of nitro benzene ring substituents is 1. The van der Waals surface area contributed by atoms with Crippen LogP contribution in [0.25, 0.3) is 0 Å². The average molecular weight is 404 g/mol. The second kappa shape index (κ2) is 7.77. The van der Waals surface area contributed by atoms with E-state index in [-0.39, 0.29) is 10.7 Å². The van der Waals surface area contributed by atoms with E-state index in [1.807, 2.05) is 31.2 Å². The minimum atomic E-state index is -0.952. The van der Waals surface area contributed by atoms with Gasteiger partial charge in [0.2, 0.25) is 5.75 Å². The van der Waals surface area contributed by atoms with Gasteiger partial charge in [-0.3, -0.25) is 10.1 Å². The lowest BCUT2D eigenvalue weighted by atomic mass is 10.1. The number of aromatic nitrogens is 2. The summed E-state index contributed by atoms with van der Waals surface area (Å²) in [5.41, 5.74) is 1.76. The van der Waals surface area contributed by atoms with Crippen LogP contribution in [0.2, 0.25) is 5.15 Å². The summed E-state index contributed by atoms with van der Waals surface area (Å²) in [6.45, 7) is 3.86. The Morgan fingerprint density at radius 1 is 1.25 bits per heavy atom. The van der Waals surface area contributed by atoms with Crippen LogP contribution < -0.4 is 4.74 Å². The molecule has 0 unspecified atom stereocenters. The van der Waals surface area contributed by atoms with E-state index < -0.39 is 28.1 Å². The van der Waals surface area contributed by atoms with Crippen LogP contribution in [0.4, 0.5) is 10.1 Å². The molecular formula is C19H15ClFN3O4. The minimum Gasteiger partial charge on any atom is -0.415 e. The molecule has 0 bridgehead atoms. The normalized spacial score (nSPS) is 10.7. The van der Waals surface area contributed by atoms with Crippen molar-refractivity contribution in [2.75, 3.05) is 0 Å². The number of esters is 1. The Kier molecular flexibility index (Phi) is 5.41. The van der Waals surface area contributed by atoms with E-state index in [4.69, 9.17) is 16.3 Å². The Bertz CT molecular complexity index is 1060. The largest absolute Gasteiger partial charge is 0.415 e. The molecule has 0 fully saturated rings. The highest BCUT2D eigenvalue weighted by molar-refractivity contribution is 6.32. The Labute approximate surface area is 164 Å². The number of halogens is 2. The topological polar surface area (TPSA) is 87.3 Å². The van der Waals surface area contributed by atoms with Gasteiger partial charge in [-0.1, -0.05) is 41.4 Å². The molecule has 2 aromatic carbocycles. The quantitative estimate of drug-likeness (QED) is 0.271. The number of carbonyl (C=O) groups is 1. The van der Waals surface area contributed by atoms with Crippen molar-refractivity contribution in [3.8, 4) is 5.75 Å². The van der Waals surface area contributed by atoms with Gasteiger partial charge in [-0.2, -0.15) is 5.10 Å². The molecule has 0 atom stereocenters. The smallest absolute Gasteiger partial charge is 0.348 e. The van der Waals surface area contributed by atoms with Crippen molar-refractivity contribution in [2.45, 2.75) is 20.4 Å². The number of rotatable bonds is 5. The summed E-state index contributed by atoms with van der Waals surface area (Å²) in [7, 11) is 0. The first kappa shape index (κ1) is 19.5. The van der Waals surface area contributed by atoms with Crippen LogP contribution in [0, 0.1) is 29.8 Å². The standard InChI is InChI=1S/C19H15ClFN3O4/c1-11-3-5-13(6-4-11)10-23-18(20)17(12(2)22-23)19(25)28-16-9-14(21)7-8-15(16)24(26)27/h3-9H,10H2,1-2H3. The SMILES string of the molecule is Cc1ccc(Cn2nc(C)c(C(=O)Oc3cc(F)ccc3[N+](=O)[O-])c2Cl)cc1. The van der Waals surface area contributed by atoms with E-state index in [9.17, 15) is 19.3 Å². The predicted octanol–water partition coefficient (Wildman–Crippen LogP) is 4.47. The van der Waals surface area contributed by atoms with Crippen molar-refractivity contribution in [1.29, 1.82) is 0 Å². The van der Waals surface area contributed by atoms with Crippen LogP contribution in [-0.4, -0.2) is 20.7 Å². The maximum absolute atomic E-state index is 13.4. The predicted molar refractivity (Wildman–Crippen MR) is 100 cm³/mol. The van der Waals surface area contributed by atoms with Crippen LogP contribution in [0.5, 0.6) is 5.75 Å². The molecule has 7 nitrogen and oxygen atoms in total. The van der Waals surface area contributed by atoms with E-state index in [0.717, 1.165) is 29.3 Å². The average Bonchev–Trinajstić information content (AvgIpc) is 2.90. The zero-order valence-corrected chi connectivity index (χ0v) is 15.7. The van der Waals surface area contributed by atoms with Crippen LogP contribution in [0.3, 0.4) is 0 Å². The summed E-state index contributed by atoms with van der Waals surface area (Å²) in [6, 6.07) is 10.3. The van der Waals surface area contributed by atoms with Crippen LogP contribution in [0.15, 0.2) is 42.5 Å². The van der Waals surface area contributed by atoms with Gasteiger partial charge in [0.25, 0.3) is 0 Å². The zero-order valence-electron chi connectivity index (χ0n) is 15.0. The molecule has 3 rings (SSSR count). The highest BCUT2D eigenvalue weighted by Gasteiger charge is 2.25. The Morgan fingerprint density at radius 2 is 1.93 bits per heavy atom. The summed E-state index contributed by atoms with van der Waals surface area (Å²) in [6.07, 6.45) is 0. The monoisotopic (exact) mass is 403 g/mol. The molecule has 144 valence electrons. The first-order chi connectivity index (χ1) is 13.3. The lowest BCUT2D eigenvalue weighted by Crippen LogP contribution is -2.11. The maximum atomic E-state index is 13.4. The number of nitrogens with zero attached hydrogens (tertiary/aromatic N) is 3. The third kappa shape index (κ3) is 4.01. The van der Waals surface area contributed by atoms with Gasteiger partial charge in [-0.25, -0.2) is 13.9 Å². The third-order valence-corrected chi connectivity index (χ3v) is 4.43. The van der Waals surface area contributed by atoms with Crippen LogP contribution >= 0.6 is 11.6 Å². The number of hydrogen-bond donors (Lipinski definition) is 0. The molecule has 0 saturated carbocycles. The number of ether oxygens (including phenoxy) is 1. The molecule has 0 amide bonds. The highest BCUT2D eigenvalue weighted by Crippen LogP contribution is 2.30. The number of benzene rings is 2. The number of hydrogen-bond acceptors (Lipinski definition) is 5. The zero-order chi connectivity index (χ0) is 20.4. The summed E-state index contributed by atoms with van der Waals surface area (Å²) >= 11 is 6.30. The fraction of sp³-hybridized carbons (Fsp3) is 0.158. The fourth-order valence-corrected chi connectivity index (χ4v) is 2.94. The molecule has 28 heavy (non-hydrogen) atoms. The molecular weight excluding hydrogens is 389 g/mol. The van der Waals surface area contributed by atoms with Crippen LogP contribution in [0.1, 0.15) is 27.2 Å². The lowest BCUT2D eigenvalue weighted by molar-refractivity contribution is -0.385. The summed E-state index contributed by atoms with van der Waals surface area (Å²) in [5.74, 6) is -2.23. The van der Waals surface area contributed by atoms with Crippen molar-refractivity contribution in [3.63, 3.8) is 0 Å². The van der Waals surface area contributed by atoms with E-state index >= 15 is 0 Å². The lowest BCUT2D eigenvalue weighted by Gasteiger charge is -2.06. The van der Waals surface area contributed by atoms with Gasteiger partial charge in [0, 0.05) is 12.1 Å². The van der Waals surface area contributed by atoms with Gasteiger partial charge in [0.15, 0.2) is 0 Å². The van der Waals surface area contributed by atoms with Gasteiger partial charge < -0.3 is 4.74 Å². The minimum absolute atomic E-state index is 0.0298. The summed E-state index contributed by atoms with van der Waals surface area (Å²) < 4.78 is 19.9. The Balaban J connectivity index is 1.89. The van der Waals surface area contributed by atoms with Gasteiger partial charge in [-0.15, -0.1) is 0 Å². The van der Waals surface area contributed by atoms with Crippen molar-refractivity contribution < 1.29 is 18.8 Å². The number of nitro groups is 1. The second-order valence-corrected chi connectivity index (χ2v) is 6.51. The first-order valence-corrected chi connectivity index (χ1v) is 8.58. The van der Waals surface area contributed by atoms with Crippen molar-refractivity contribution >= 4 is 23.3 Å². The molecule has 0 radical (unpaired) electrons. The van der Waals surface area contributed by atoms with E-state index in [1.165, 1.54) is 4.68 Å². The van der Waals surface area contributed by atoms with Gasteiger partial charge in [0.1, 0.15) is 16.5 Å². The molecule has 0 aliphatic carbocycles. The number of carbonyl (C=O) groups excluding carboxylic acids is 1. The molecule has 1 heterocycles. The molecule has 0 saturated heterocycles. The number of aryl methyl sites for hydroxylation is 2. The van der Waals surface area contributed by atoms with E-state index in [0.29, 0.717) is 12.2 Å². The van der Waals surface area contributed by atoms with Crippen molar-refractivity contribution in [3.05, 3.63) is 85.9 Å². The van der Waals surface area contributed by atoms with Gasteiger partial charge in [0.05, 0.1) is 17.2 Å². The van der Waals surface area contributed by atoms with E-state index in [1.54, 1.807) is 6.92 Å². The summed E-state index contributed by atoms with van der Waals surface area (Å²) in [5, 5.41) is 15.3. The highest BCUT2D eigenvalue weighted by atomic mass is 35.5. The molecule has 0 N–H and O–H groups in total. The Morgan fingerprint density at radius 3 is 2.57 bits per heavy atom. The molecule has 9 heteroatoms. The molecule has 1 aromatic heterocycles.